The molecule has 4 rings (SSSR count). The average Bonchev–Trinajstić information content (AvgIpc) is 3.43. The normalized spacial score (nSPS) is 15.6. The molecule has 1 aliphatic rings. The third-order valence-corrected chi connectivity index (χ3v) is 6.75. The van der Waals surface area contributed by atoms with E-state index >= 15 is 0 Å². The molecule has 0 saturated carbocycles. The van der Waals surface area contributed by atoms with Crippen molar-refractivity contribution in [2.75, 3.05) is 16.9 Å². The number of aromatic nitrogens is 1. The van der Waals surface area contributed by atoms with Gasteiger partial charge in [0.1, 0.15) is 11.0 Å². The first-order valence-corrected chi connectivity index (χ1v) is 11.3. The number of nitrogens with one attached hydrogen (secondary N) is 1. The molecular weight excluding hydrogens is 416 g/mol. The number of nitrogens with zero attached hydrogens (tertiary/aromatic N) is 3. The van der Waals surface area contributed by atoms with Gasteiger partial charge in [-0.25, -0.2) is 4.98 Å². The predicted octanol–water partition coefficient (Wildman–Crippen LogP) is 4.14. The minimum absolute atomic E-state index is 0.165. The van der Waals surface area contributed by atoms with Gasteiger partial charge in [-0.15, -0.1) is 23.1 Å². The highest BCUT2D eigenvalue weighted by atomic mass is 32.2. The third kappa shape index (κ3) is 4.22. The van der Waals surface area contributed by atoms with Crippen LogP contribution in [-0.2, 0) is 4.79 Å². The van der Waals surface area contributed by atoms with Gasteiger partial charge in [0.2, 0.25) is 5.91 Å². The van der Waals surface area contributed by atoms with Crippen LogP contribution < -0.4 is 5.32 Å². The minimum atomic E-state index is -0.542. The number of hydrogen-bond donors (Lipinski definition) is 1. The molecular formula is C22H18N4O2S2. The molecule has 1 N–H and O–H groups in total. The Bertz CT molecular complexity index is 1120. The van der Waals surface area contributed by atoms with Crippen LogP contribution in [0.15, 0.2) is 53.9 Å². The van der Waals surface area contributed by atoms with Crippen LogP contribution in [0.3, 0.4) is 0 Å². The fourth-order valence-electron chi connectivity index (χ4n) is 3.12. The second-order valence-electron chi connectivity index (χ2n) is 6.84. The Labute approximate surface area is 182 Å². The van der Waals surface area contributed by atoms with E-state index in [1.165, 1.54) is 0 Å². The Morgan fingerprint density at radius 3 is 2.53 bits per heavy atom. The molecule has 1 atom stereocenters. The molecule has 1 fully saturated rings. The average molecular weight is 435 g/mol. The zero-order valence-electron chi connectivity index (χ0n) is 16.2. The van der Waals surface area contributed by atoms with Crippen molar-refractivity contribution in [1.29, 1.82) is 5.26 Å². The second-order valence-corrected chi connectivity index (χ2v) is 8.70. The van der Waals surface area contributed by atoms with E-state index in [-0.39, 0.29) is 11.8 Å². The van der Waals surface area contributed by atoms with Gasteiger partial charge in [-0.05, 0) is 43.3 Å². The number of anilines is 1. The summed E-state index contributed by atoms with van der Waals surface area (Å²) in [4.78, 5) is 31.9. The summed E-state index contributed by atoms with van der Waals surface area (Å²) in [6.07, 6.45) is 0. The van der Waals surface area contributed by atoms with Gasteiger partial charge in [-0.1, -0.05) is 12.1 Å². The lowest BCUT2D eigenvalue weighted by Gasteiger charge is -2.23. The molecule has 1 aliphatic heterocycles. The van der Waals surface area contributed by atoms with Crippen LogP contribution in [0.4, 0.5) is 5.69 Å². The van der Waals surface area contributed by atoms with Crippen molar-refractivity contribution in [2.24, 2.45) is 0 Å². The van der Waals surface area contributed by atoms with Crippen LogP contribution in [0.1, 0.15) is 21.6 Å². The summed E-state index contributed by atoms with van der Waals surface area (Å²) in [5.74, 6) is 0.622. The molecule has 6 nitrogen and oxygen atoms in total. The summed E-state index contributed by atoms with van der Waals surface area (Å²) >= 11 is 3.12. The molecule has 30 heavy (non-hydrogen) atoms. The zero-order valence-corrected chi connectivity index (χ0v) is 17.8. The van der Waals surface area contributed by atoms with Gasteiger partial charge < -0.3 is 10.2 Å². The van der Waals surface area contributed by atoms with Gasteiger partial charge in [0.15, 0.2) is 0 Å². The molecule has 1 saturated heterocycles. The number of carbonyl (C=O) groups is 2. The van der Waals surface area contributed by atoms with E-state index in [9.17, 15) is 9.59 Å². The maximum Gasteiger partial charge on any atom is 0.255 e. The van der Waals surface area contributed by atoms with Gasteiger partial charge in [0, 0.05) is 33.6 Å². The van der Waals surface area contributed by atoms with E-state index in [1.807, 2.05) is 30.5 Å². The molecule has 2 heterocycles. The summed E-state index contributed by atoms with van der Waals surface area (Å²) < 4.78 is 0. The quantitative estimate of drug-likeness (QED) is 0.667. The van der Waals surface area contributed by atoms with E-state index in [4.69, 9.17) is 5.26 Å². The Morgan fingerprint density at radius 2 is 1.90 bits per heavy atom. The first kappa shape index (κ1) is 20.1. The van der Waals surface area contributed by atoms with Crippen molar-refractivity contribution in [3.8, 4) is 16.6 Å². The summed E-state index contributed by atoms with van der Waals surface area (Å²) in [5, 5.41) is 14.6. The van der Waals surface area contributed by atoms with Crippen LogP contribution in [0, 0.1) is 18.3 Å². The molecule has 150 valence electrons. The summed E-state index contributed by atoms with van der Waals surface area (Å²) in [6.45, 7) is 1.95. The number of rotatable bonds is 4. The smallest absolute Gasteiger partial charge is 0.255 e. The third-order valence-electron chi connectivity index (χ3n) is 4.73. The van der Waals surface area contributed by atoms with Crippen molar-refractivity contribution in [3.63, 3.8) is 0 Å². The number of thioether (sulfide) groups is 1. The van der Waals surface area contributed by atoms with Crippen molar-refractivity contribution in [2.45, 2.75) is 13.0 Å². The minimum Gasteiger partial charge on any atom is -0.324 e. The van der Waals surface area contributed by atoms with Crippen molar-refractivity contribution < 1.29 is 9.59 Å². The molecule has 1 unspecified atom stereocenters. The molecule has 0 bridgehead atoms. The van der Waals surface area contributed by atoms with Crippen molar-refractivity contribution in [1.82, 2.24) is 9.88 Å². The highest BCUT2D eigenvalue weighted by molar-refractivity contribution is 7.99. The fourth-order valence-corrected chi connectivity index (χ4v) is 5.08. The number of aryl methyl sites for hydroxylation is 1. The molecule has 8 heteroatoms. The van der Waals surface area contributed by atoms with Crippen LogP contribution >= 0.6 is 23.1 Å². The largest absolute Gasteiger partial charge is 0.324 e. The van der Waals surface area contributed by atoms with Crippen LogP contribution in [0.5, 0.6) is 0 Å². The lowest BCUT2D eigenvalue weighted by molar-refractivity contribution is -0.119. The lowest BCUT2D eigenvalue weighted by Crippen LogP contribution is -2.44. The monoisotopic (exact) mass is 434 g/mol. The van der Waals surface area contributed by atoms with E-state index < -0.39 is 6.04 Å². The Kier molecular flexibility index (Phi) is 5.84. The van der Waals surface area contributed by atoms with Crippen LogP contribution in [0.2, 0.25) is 0 Å². The first-order chi connectivity index (χ1) is 14.5. The van der Waals surface area contributed by atoms with E-state index in [2.05, 4.69) is 10.3 Å². The number of hydrogen-bond acceptors (Lipinski definition) is 6. The van der Waals surface area contributed by atoms with E-state index in [0.29, 0.717) is 28.4 Å². The van der Waals surface area contributed by atoms with E-state index in [0.717, 1.165) is 16.3 Å². The van der Waals surface area contributed by atoms with E-state index in [1.54, 1.807) is 64.4 Å². The first-order valence-electron chi connectivity index (χ1n) is 9.27. The topological polar surface area (TPSA) is 86.1 Å². The Balaban J connectivity index is 1.46. The second kappa shape index (κ2) is 8.69. The standard InChI is InChI=1S/C22H18N4O2S2/c1-14-11-30-21(24-14)16-4-6-17(7-5-16)22(28)26-13-29-12-19(26)20(27)25-18-8-2-15(10-23)3-9-18/h2-9,11,19H,12-13H2,1H3,(H,25,27). The number of carbonyl (C=O) groups excluding carboxylic acids is 2. The van der Waals surface area contributed by atoms with Crippen molar-refractivity contribution >= 4 is 40.6 Å². The summed E-state index contributed by atoms with van der Waals surface area (Å²) in [7, 11) is 0. The highest BCUT2D eigenvalue weighted by Gasteiger charge is 2.35. The maximum atomic E-state index is 13.0. The maximum absolute atomic E-state index is 13.0. The molecule has 0 aliphatic carbocycles. The SMILES string of the molecule is Cc1csc(-c2ccc(C(=O)N3CSCC3C(=O)Nc3ccc(C#N)cc3)cc2)n1. The molecule has 0 radical (unpaired) electrons. The molecule has 2 amide bonds. The van der Waals surface area contributed by atoms with Crippen molar-refractivity contribution in [3.05, 3.63) is 70.7 Å². The van der Waals surface area contributed by atoms with Gasteiger partial charge in [-0.3, -0.25) is 9.59 Å². The van der Waals surface area contributed by atoms with Crippen LogP contribution in [0.25, 0.3) is 10.6 Å². The van der Waals surface area contributed by atoms with Gasteiger partial charge in [0.25, 0.3) is 5.91 Å². The molecule has 3 aromatic rings. The van der Waals surface area contributed by atoms with Gasteiger partial charge in [0.05, 0.1) is 17.5 Å². The summed E-state index contributed by atoms with van der Waals surface area (Å²) in [5.41, 5.74) is 3.62. The van der Waals surface area contributed by atoms with Gasteiger partial charge in [-0.2, -0.15) is 5.26 Å². The zero-order chi connectivity index (χ0) is 21.1. The predicted molar refractivity (Wildman–Crippen MR) is 119 cm³/mol. The number of benzene rings is 2. The molecule has 1 aromatic heterocycles. The molecule has 2 aromatic carbocycles. The fraction of sp³-hybridized carbons (Fsp3) is 0.182. The summed E-state index contributed by atoms with van der Waals surface area (Å²) in [6, 6.07) is 15.5. The Morgan fingerprint density at radius 1 is 1.17 bits per heavy atom. The van der Waals surface area contributed by atoms with Crippen LogP contribution in [-0.4, -0.2) is 39.4 Å². The number of nitriles is 1. The number of thiazole rings is 1. The lowest BCUT2D eigenvalue weighted by atomic mass is 10.1. The highest BCUT2D eigenvalue weighted by Crippen LogP contribution is 2.27. The number of amides is 2. The Hall–Kier alpha value is -3.15. The molecule has 0 spiro atoms. The van der Waals surface area contributed by atoms with Gasteiger partial charge >= 0.3 is 0 Å².